The molecular weight excluding hydrogens is 438 g/mol. The predicted octanol–water partition coefficient (Wildman–Crippen LogP) is 4.25. The zero-order chi connectivity index (χ0) is 23.9. The van der Waals surface area contributed by atoms with Crippen molar-refractivity contribution in [3.05, 3.63) is 54.9 Å². The molecule has 4 aromatic rings. The standard InChI is InChI=1S/C27H31N7O/c1-32-17-20(19-6-3-4-7-24(19)32)22-8-10-29-27(30-22)31-23-14-21(28)25(15-26(23)35-2)34-13-9-18(16-34)33-11-5-12-33/h3-4,6-8,10,14-15,17-18H,5,9,11-13,16,28H2,1-2H3,(H,29,30,31). The maximum atomic E-state index is 6.54. The Labute approximate surface area is 205 Å². The molecule has 180 valence electrons. The van der Waals surface area contributed by atoms with Crippen LogP contribution in [0.4, 0.5) is 23.0 Å². The van der Waals surface area contributed by atoms with Crippen LogP contribution in [0.5, 0.6) is 5.75 Å². The minimum atomic E-state index is 0.500. The monoisotopic (exact) mass is 469 g/mol. The van der Waals surface area contributed by atoms with Gasteiger partial charge in [0, 0.05) is 61.1 Å². The highest BCUT2D eigenvalue weighted by atomic mass is 16.5. The van der Waals surface area contributed by atoms with E-state index in [1.807, 2.05) is 37.4 Å². The second-order valence-corrected chi connectivity index (χ2v) is 9.45. The largest absolute Gasteiger partial charge is 0.494 e. The van der Waals surface area contributed by atoms with Crippen molar-refractivity contribution in [1.29, 1.82) is 0 Å². The summed E-state index contributed by atoms with van der Waals surface area (Å²) in [4.78, 5) is 14.2. The summed E-state index contributed by atoms with van der Waals surface area (Å²) < 4.78 is 7.86. The number of nitrogens with zero attached hydrogens (tertiary/aromatic N) is 5. The molecular formula is C27H31N7O. The van der Waals surface area contributed by atoms with Crippen molar-refractivity contribution >= 4 is 33.9 Å². The first kappa shape index (κ1) is 21.7. The molecule has 1 unspecified atom stereocenters. The fourth-order valence-electron chi connectivity index (χ4n) is 5.33. The number of benzene rings is 2. The number of aryl methyl sites for hydroxylation is 1. The van der Waals surface area contributed by atoms with Crippen LogP contribution in [0.2, 0.25) is 0 Å². The topological polar surface area (TPSA) is 84.5 Å². The van der Waals surface area contributed by atoms with E-state index in [4.69, 9.17) is 15.5 Å². The smallest absolute Gasteiger partial charge is 0.227 e. The molecule has 2 aromatic heterocycles. The van der Waals surface area contributed by atoms with Crippen molar-refractivity contribution in [2.24, 2.45) is 7.05 Å². The van der Waals surface area contributed by atoms with Gasteiger partial charge < -0.3 is 25.3 Å². The van der Waals surface area contributed by atoms with Crippen molar-refractivity contribution < 1.29 is 4.74 Å². The number of nitrogen functional groups attached to an aromatic ring is 1. The second kappa shape index (κ2) is 8.78. The van der Waals surface area contributed by atoms with Gasteiger partial charge in [-0.3, -0.25) is 4.90 Å². The molecule has 6 rings (SSSR count). The van der Waals surface area contributed by atoms with Crippen LogP contribution >= 0.6 is 0 Å². The maximum Gasteiger partial charge on any atom is 0.227 e. The summed E-state index contributed by atoms with van der Waals surface area (Å²) in [6, 6.07) is 14.8. The van der Waals surface area contributed by atoms with Crippen LogP contribution in [0, 0.1) is 0 Å². The molecule has 2 aliphatic heterocycles. The van der Waals surface area contributed by atoms with Crippen molar-refractivity contribution in [3.63, 3.8) is 0 Å². The van der Waals surface area contributed by atoms with E-state index in [-0.39, 0.29) is 0 Å². The lowest BCUT2D eigenvalue weighted by molar-refractivity contribution is 0.129. The molecule has 35 heavy (non-hydrogen) atoms. The van der Waals surface area contributed by atoms with Gasteiger partial charge in [0.1, 0.15) is 5.75 Å². The average molecular weight is 470 g/mol. The molecule has 0 aliphatic carbocycles. The highest BCUT2D eigenvalue weighted by molar-refractivity contribution is 5.95. The van der Waals surface area contributed by atoms with E-state index in [0.717, 1.165) is 52.5 Å². The Bertz CT molecular complexity index is 1380. The fraction of sp³-hybridized carbons (Fsp3) is 0.333. The van der Waals surface area contributed by atoms with Crippen LogP contribution in [0.3, 0.4) is 0 Å². The van der Waals surface area contributed by atoms with Crippen molar-refractivity contribution in [2.75, 3.05) is 49.2 Å². The van der Waals surface area contributed by atoms with E-state index in [9.17, 15) is 0 Å². The van der Waals surface area contributed by atoms with E-state index in [1.165, 1.54) is 31.4 Å². The first-order chi connectivity index (χ1) is 17.1. The second-order valence-electron chi connectivity index (χ2n) is 9.45. The Morgan fingerprint density at radius 3 is 2.77 bits per heavy atom. The number of fused-ring (bicyclic) bond motifs is 1. The van der Waals surface area contributed by atoms with E-state index in [1.54, 1.807) is 13.3 Å². The number of methoxy groups -OCH3 is 1. The molecule has 0 bridgehead atoms. The molecule has 2 aromatic carbocycles. The van der Waals surface area contributed by atoms with Crippen LogP contribution in [0.1, 0.15) is 12.8 Å². The van der Waals surface area contributed by atoms with E-state index in [2.05, 4.69) is 43.0 Å². The molecule has 8 heteroatoms. The number of nitrogens with one attached hydrogen (secondary N) is 1. The van der Waals surface area contributed by atoms with Gasteiger partial charge in [-0.2, -0.15) is 0 Å². The van der Waals surface area contributed by atoms with Gasteiger partial charge in [-0.25, -0.2) is 9.97 Å². The molecule has 0 saturated carbocycles. The van der Waals surface area contributed by atoms with Gasteiger partial charge >= 0.3 is 0 Å². The first-order valence-corrected chi connectivity index (χ1v) is 12.2. The fourth-order valence-corrected chi connectivity index (χ4v) is 5.33. The van der Waals surface area contributed by atoms with Gasteiger partial charge in [-0.15, -0.1) is 0 Å². The lowest BCUT2D eigenvalue weighted by Crippen LogP contribution is -2.46. The first-order valence-electron chi connectivity index (χ1n) is 12.2. The summed E-state index contributed by atoms with van der Waals surface area (Å²) in [6.07, 6.45) is 6.37. The van der Waals surface area contributed by atoms with Crippen LogP contribution in [-0.4, -0.2) is 58.8 Å². The number of nitrogens with two attached hydrogens (primary N) is 1. The Morgan fingerprint density at radius 1 is 1.11 bits per heavy atom. The number of hydrogen-bond donors (Lipinski definition) is 2. The number of hydrogen-bond acceptors (Lipinski definition) is 7. The van der Waals surface area contributed by atoms with Crippen molar-refractivity contribution in [3.8, 4) is 17.0 Å². The number of para-hydroxylation sites is 1. The van der Waals surface area contributed by atoms with Crippen molar-refractivity contribution in [1.82, 2.24) is 19.4 Å². The van der Waals surface area contributed by atoms with Crippen molar-refractivity contribution in [2.45, 2.75) is 18.9 Å². The summed E-state index contributed by atoms with van der Waals surface area (Å²) in [7, 11) is 3.73. The van der Waals surface area contributed by atoms with Gasteiger partial charge in [0.05, 0.1) is 29.9 Å². The molecule has 2 aliphatic rings. The summed E-state index contributed by atoms with van der Waals surface area (Å²) >= 11 is 0. The zero-order valence-corrected chi connectivity index (χ0v) is 20.2. The summed E-state index contributed by atoms with van der Waals surface area (Å²) in [5.74, 6) is 1.22. The highest BCUT2D eigenvalue weighted by Gasteiger charge is 2.31. The lowest BCUT2D eigenvalue weighted by Gasteiger charge is -2.36. The van der Waals surface area contributed by atoms with Crippen LogP contribution < -0.4 is 20.7 Å². The molecule has 0 amide bonds. The van der Waals surface area contributed by atoms with Gasteiger partial charge in [0.2, 0.25) is 5.95 Å². The molecule has 2 fully saturated rings. The Hall–Kier alpha value is -3.78. The highest BCUT2D eigenvalue weighted by Crippen LogP contribution is 2.38. The number of aromatic nitrogens is 3. The summed E-state index contributed by atoms with van der Waals surface area (Å²) in [6.45, 7) is 4.46. The Kier molecular flexibility index (Phi) is 5.45. The minimum Gasteiger partial charge on any atom is -0.494 e. The Balaban J connectivity index is 1.27. The normalized spacial score (nSPS) is 18.1. The molecule has 0 spiro atoms. The molecule has 0 radical (unpaired) electrons. The summed E-state index contributed by atoms with van der Waals surface area (Å²) in [5, 5.41) is 4.49. The number of rotatable bonds is 6. The van der Waals surface area contributed by atoms with E-state index in [0.29, 0.717) is 12.0 Å². The number of anilines is 4. The molecule has 8 nitrogen and oxygen atoms in total. The average Bonchev–Trinajstić information content (AvgIpc) is 3.44. The number of ether oxygens (including phenoxy) is 1. The molecule has 3 N–H and O–H groups in total. The third-order valence-electron chi connectivity index (χ3n) is 7.33. The number of likely N-dealkylation sites (tertiary alicyclic amines) is 1. The lowest BCUT2D eigenvalue weighted by atomic mass is 10.1. The Morgan fingerprint density at radius 2 is 1.97 bits per heavy atom. The third kappa shape index (κ3) is 3.93. The third-order valence-corrected chi connectivity index (χ3v) is 7.33. The van der Waals surface area contributed by atoms with E-state index >= 15 is 0 Å². The molecule has 2 saturated heterocycles. The van der Waals surface area contributed by atoms with E-state index < -0.39 is 0 Å². The predicted molar refractivity (Wildman–Crippen MR) is 141 cm³/mol. The van der Waals surface area contributed by atoms with Gasteiger partial charge in [0.15, 0.2) is 0 Å². The molecule has 1 atom stereocenters. The summed E-state index contributed by atoms with van der Waals surface area (Å²) in [5.41, 5.74) is 12.1. The van der Waals surface area contributed by atoms with Gasteiger partial charge in [0.25, 0.3) is 0 Å². The van der Waals surface area contributed by atoms with Crippen LogP contribution in [0.25, 0.3) is 22.2 Å². The van der Waals surface area contributed by atoms with Gasteiger partial charge in [-0.05, 0) is 44.1 Å². The molecule has 4 heterocycles. The van der Waals surface area contributed by atoms with Crippen LogP contribution in [0.15, 0.2) is 54.9 Å². The van der Waals surface area contributed by atoms with Gasteiger partial charge in [-0.1, -0.05) is 18.2 Å². The minimum absolute atomic E-state index is 0.500. The van der Waals surface area contributed by atoms with Crippen LogP contribution in [-0.2, 0) is 7.05 Å². The zero-order valence-electron chi connectivity index (χ0n) is 20.2. The quantitative estimate of drug-likeness (QED) is 0.408. The maximum absolute atomic E-state index is 6.54. The SMILES string of the molecule is COc1cc(N2CCC(N3CCC3)C2)c(N)cc1Nc1nccc(-c2cn(C)c3ccccc23)n1.